The molecule has 2 N–H and O–H groups in total. The van der Waals surface area contributed by atoms with Crippen LogP contribution in [0.4, 0.5) is 0 Å². The molecule has 0 aromatic heterocycles. The van der Waals surface area contributed by atoms with Gasteiger partial charge < -0.3 is 15.2 Å². The number of fused-ring (bicyclic) bond motifs is 1. The molecule has 1 aliphatic rings. The van der Waals surface area contributed by atoms with Gasteiger partial charge in [0.2, 0.25) is 0 Å². The summed E-state index contributed by atoms with van der Waals surface area (Å²) < 4.78 is 5.29. The molecule has 0 fully saturated rings. The summed E-state index contributed by atoms with van der Waals surface area (Å²) in [5, 5.41) is 11.7. The predicted octanol–water partition coefficient (Wildman–Crippen LogP) is 4.54. The number of aliphatic hydroxyl groups excluding tert-OH is 1. The lowest BCUT2D eigenvalue weighted by Gasteiger charge is -2.40. The third kappa shape index (κ3) is 7.51. The summed E-state index contributed by atoms with van der Waals surface area (Å²) in [5.41, 5.74) is 3.00. The smallest absolute Gasteiger partial charge is 0.251 e. The molecule has 0 saturated heterocycles. The molecule has 194 valence electrons. The lowest BCUT2D eigenvalue weighted by atomic mass is 9.64. The summed E-state index contributed by atoms with van der Waals surface area (Å²) in [6.45, 7) is 14.9. The van der Waals surface area contributed by atoms with Crippen molar-refractivity contribution in [2.45, 2.75) is 52.8 Å². The van der Waals surface area contributed by atoms with Crippen LogP contribution in [0.15, 0.2) is 35.8 Å². The van der Waals surface area contributed by atoms with Gasteiger partial charge in [-0.3, -0.25) is 14.6 Å². The zero-order chi connectivity index (χ0) is 26.2. The minimum Gasteiger partial charge on any atom is -0.395 e. The number of benzene rings is 1. The molecule has 4 unspecified atom stereocenters. The van der Waals surface area contributed by atoms with Crippen molar-refractivity contribution in [2.75, 3.05) is 32.6 Å². The lowest BCUT2D eigenvalue weighted by Crippen LogP contribution is -2.43. The van der Waals surface area contributed by atoms with Gasteiger partial charge in [-0.05, 0) is 60.3 Å². The summed E-state index contributed by atoms with van der Waals surface area (Å²) in [4.78, 5) is 30.8. The standard InChI is InChI=1S/C28H42N2O4S/c1-8-9-18(2)19(3)27(35-15-14-34-7)30-25-23-11-10-21(26(33)29-12-13-31)16-22(23)17-28(5,6)24(25)20(4)32/h8,10-11,16,18-19,24,27,31H,1,9,12-15,17H2,2-7H3,(H,29,33). The number of allylic oxidation sites excluding steroid dienone is 1. The molecule has 0 aliphatic heterocycles. The van der Waals surface area contributed by atoms with E-state index in [4.69, 9.17) is 14.8 Å². The van der Waals surface area contributed by atoms with Gasteiger partial charge in [-0.1, -0.05) is 39.8 Å². The van der Waals surface area contributed by atoms with Crippen LogP contribution in [0.5, 0.6) is 0 Å². The van der Waals surface area contributed by atoms with E-state index in [-0.39, 0.29) is 47.5 Å². The second-order valence-electron chi connectivity index (χ2n) is 10.2. The van der Waals surface area contributed by atoms with Crippen molar-refractivity contribution in [3.05, 3.63) is 47.5 Å². The second kappa shape index (κ2) is 13.4. The van der Waals surface area contributed by atoms with Crippen LogP contribution in [0.1, 0.15) is 62.5 Å². The SMILES string of the molecule is C=CCC(C)C(C)C(N=C1c2ccc(C(=O)NCCO)cc2CC(C)(C)C1C(C)=O)SCCOC. The van der Waals surface area contributed by atoms with Crippen molar-refractivity contribution in [2.24, 2.45) is 28.2 Å². The maximum Gasteiger partial charge on any atom is 0.251 e. The number of aliphatic hydroxyl groups is 1. The number of nitrogens with one attached hydrogen (secondary N) is 1. The maximum absolute atomic E-state index is 13.0. The number of hydrogen-bond acceptors (Lipinski definition) is 6. The van der Waals surface area contributed by atoms with E-state index in [2.05, 4.69) is 39.6 Å². The lowest BCUT2D eigenvalue weighted by molar-refractivity contribution is -0.121. The molecule has 1 aromatic rings. The molecule has 0 radical (unpaired) electrons. The monoisotopic (exact) mass is 502 g/mol. The Morgan fingerprint density at radius 3 is 2.69 bits per heavy atom. The van der Waals surface area contributed by atoms with Gasteiger partial charge >= 0.3 is 0 Å². The molecule has 1 aromatic carbocycles. The minimum atomic E-state index is -0.338. The molecule has 0 bridgehead atoms. The minimum absolute atomic E-state index is 0.0359. The molecule has 0 saturated carbocycles. The number of nitrogens with zero attached hydrogens (tertiary/aromatic N) is 1. The highest BCUT2D eigenvalue weighted by atomic mass is 32.2. The fraction of sp³-hybridized carbons (Fsp3) is 0.607. The van der Waals surface area contributed by atoms with Crippen molar-refractivity contribution >= 4 is 29.2 Å². The van der Waals surface area contributed by atoms with E-state index in [9.17, 15) is 9.59 Å². The first-order valence-electron chi connectivity index (χ1n) is 12.4. The first-order valence-corrected chi connectivity index (χ1v) is 13.4. The molecular formula is C28H42N2O4S. The Balaban J connectivity index is 2.60. The van der Waals surface area contributed by atoms with Gasteiger partial charge in [-0.25, -0.2) is 0 Å². The Morgan fingerprint density at radius 2 is 2.09 bits per heavy atom. The van der Waals surface area contributed by atoms with Gasteiger partial charge in [0.1, 0.15) is 5.78 Å². The molecule has 6 nitrogen and oxygen atoms in total. The average molecular weight is 503 g/mol. The van der Waals surface area contributed by atoms with Crippen LogP contribution >= 0.6 is 11.8 Å². The fourth-order valence-corrected chi connectivity index (χ4v) is 6.13. The van der Waals surface area contributed by atoms with Crippen molar-refractivity contribution in [1.29, 1.82) is 0 Å². The predicted molar refractivity (Wildman–Crippen MR) is 145 cm³/mol. The number of ketones is 1. The van der Waals surface area contributed by atoms with Crippen LogP contribution in [0, 0.1) is 23.2 Å². The number of methoxy groups -OCH3 is 1. The number of amides is 1. The highest BCUT2D eigenvalue weighted by Gasteiger charge is 2.43. The van der Waals surface area contributed by atoms with Gasteiger partial charge in [0.25, 0.3) is 5.91 Å². The quantitative estimate of drug-likeness (QED) is 0.305. The van der Waals surface area contributed by atoms with Crippen LogP contribution in [0.2, 0.25) is 0 Å². The molecule has 4 atom stereocenters. The van der Waals surface area contributed by atoms with Crippen molar-refractivity contribution in [1.82, 2.24) is 5.32 Å². The van der Waals surface area contributed by atoms with Gasteiger partial charge in [0, 0.05) is 25.0 Å². The van der Waals surface area contributed by atoms with Gasteiger partial charge in [0.05, 0.1) is 30.2 Å². The van der Waals surface area contributed by atoms with Crippen LogP contribution in [0.3, 0.4) is 0 Å². The van der Waals surface area contributed by atoms with Crippen LogP contribution in [-0.4, -0.2) is 60.5 Å². The number of carbonyl (C=O) groups is 2. The van der Waals surface area contributed by atoms with E-state index in [0.717, 1.165) is 29.0 Å². The van der Waals surface area contributed by atoms with Crippen LogP contribution in [-0.2, 0) is 16.0 Å². The topological polar surface area (TPSA) is 88.0 Å². The third-order valence-electron chi connectivity index (χ3n) is 6.88. The van der Waals surface area contributed by atoms with Gasteiger partial charge in [-0.2, -0.15) is 0 Å². The van der Waals surface area contributed by atoms with E-state index < -0.39 is 0 Å². The molecule has 7 heteroatoms. The largest absolute Gasteiger partial charge is 0.395 e. The van der Waals surface area contributed by atoms with Crippen molar-refractivity contribution in [3.8, 4) is 0 Å². The zero-order valence-electron chi connectivity index (χ0n) is 22.1. The Morgan fingerprint density at radius 1 is 1.37 bits per heavy atom. The third-order valence-corrected chi connectivity index (χ3v) is 8.16. The number of thioether (sulfide) groups is 1. The Labute approximate surface area is 215 Å². The van der Waals surface area contributed by atoms with E-state index in [1.165, 1.54) is 0 Å². The highest BCUT2D eigenvalue weighted by Crippen LogP contribution is 2.42. The maximum atomic E-state index is 13.0. The fourth-order valence-electron chi connectivity index (χ4n) is 4.86. The number of Topliss-reactive ketones (excluding diaryl/α,β-unsaturated/α-hetero) is 1. The average Bonchev–Trinajstić information content (AvgIpc) is 2.80. The number of carbonyl (C=O) groups excluding carboxylic acids is 2. The van der Waals surface area contributed by atoms with E-state index in [1.807, 2.05) is 18.2 Å². The van der Waals surface area contributed by atoms with E-state index >= 15 is 0 Å². The van der Waals surface area contributed by atoms with Crippen LogP contribution in [0.25, 0.3) is 0 Å². The first kappa shape index (κ1) is 29.3. The van der Waals surface area contributed by atoms with Gasteiger partial charge in [-0.15, -0.1) is 18.3 Å². The molecule has 2 rings (SSSR count). The summed E-state index contributed by atoms with van der Waals surface area (Å²) in [7, 11) is 1.70. The Bertz CT molecular complexity index is 928. The summed E-state index contributed by atoms with van der Waals surface area (Å²) >= 11 is 1.76. The summed E-state index contributed by atoms with van der Waals surface area (Å²) in [5.74, 6) is 1.04. The highest BCUT2D eigenvalue weighted by molar-refractivity contribution is 7.99. The molecule has 1 amide bonds. The van der Waals surface area contributed by atoms with Crippen LogP contribution < -0.4 is 5.32 Å². The number of aliphatic imine (C=N–C) groups is 1. The number of hydrogen-bond donors (Lipinski definition) is 2. The Kier molecular flexibility index (Phi) is 11.2. The molecule has 35 heavy (non-hydrogen) atoms. The molecular weight excluding hydrogens is 460 g/mol. The van der Waals surface area contributed by atoms with E-state index in [0.29, 0.717) is 24.5 Å². The van der Waals surface area contributed by atoms with Crippen molar-refractivity contribution in [3.63, 3.8) is 0 Å². The second-order valence-corrected chi connectivity index (χ2v) is 11.4. The van der Waals surface area contributed by atoms with Gasteiger partial charge in [0.15, 0.2) is 0 Å². The normalized spacial score (nSPS) is 20.5. The Hall–Kier alpha value is -1.96. The summed E-state index contributed by atoms with van der Waals surface area (Å²) in [6, 6.07) is 5.63. The van der Waals surface area contributed by atoms with Crippen molar-refractivity contribution < 1.29 is 19.4 Å². The van der Waals surface area contributed by atoms with E-state index in [1.54, 1.807) is 31.9 Å². The molecule has 1 aliphatic carbocycles. The zero-order valence-corrected chi connectivity index (χ0v) is 22.9. The number of ether oxygens (including phenoxy) is 1. The summed E-state index contributed by atoms with van der Waals surface area (Å²) in [6.07, 6.45) is 3.53. The molecule has 0 heterocycles. The first-order chi connectivity index (χ1) is 16.6. The number of rotatable bonds is 13. The molecule has 0 spiro atoms.